The van der Waals surface area contributed by atoms with E-state index in [0.29, 0.717) is 23.6 Å². The summed E-state index contributed by atoms with van der Waals surface area (Å²) in [6, 6.07) is 20.0. The molecule has 1 aliphatic rings. The van der Waals surface area contributed by atoms with Crippen LogP contribution in [0.5, 0.6) is 5.75 Å². The van der Waals surface area contributed by atoms with Gasteiger partial charge in [0.05, 0.1) is 22.9 Å². The van der Waals surface area contributed by atoms with E-state index in [1.807, 2.05) is 24.3 Å². The maximum atomic E-state index is 12.9. The van der Waals surface area contributed by atoms with Crippen molar-refractivity contribution in [2.45, 2.75) is 28.7 Å². The molecule has 0 aliphatic carbocycles. The molecule has 0 spiro atoms. The highest BCUT2D eigenvalue weighted by Crippen LogP contribution is 2.38. The number of carbonyl (C=O) groups excluding carboxylic acids is 1. The molecule has 7 heteroatoms. The molecule has 1 fully saturated rings. The third kappa shape index (κ3) is 3.80. The number of anilines is 1. The van der Waals surface area contributed by atoms with Gasteiger partial charge < -0.3 is 9.64 Å². The smallest absolute Gasteiger partial charge is 0.227 e. The van der Waals surface area contributed by atoms with Crippen LogP contribution < -0.4 is 9.64 Å². The minimum absolute atomic E-state index is 0.0103. The largest absolute Gasteiger partial charge is 0.497 e. The van der Waals surface area contributed by atoms with Gasteiger partial charge in [0, 0.05) is 17.1 Å². The number of carbonyl (C=O) groups is 1. The van der Waals surface area contributed by atoms with Gasteiger partial charge in [-0.3, -0.25) is 4.79 Å². The van der Waals surface area contributed by atoms with Crippen molar-refractivity contribution in [2.24, 2.45) is 0 Å². The highest BCUT2D eigenvalue weighted by atomic mass is 35.5. The van der Waals surface area contributed by atoms with Crippen LogP contribution in [0.2, 0.25) is 5.02 Å². The summed E-state index contributed by atoms with van der Waals surface area (Å²) in [7, 11) is -2.06. The molecule has 5 nitrogen and oxygen atoms in total. The Labute approximate surface area is 180 Å². The predicted molar refractivity (Wildman–Crippen MR) is 116 cm³/mol. The second-order valence-electron chi connectivity index (χ2n) is 7.05. The van der Waals surface area contributed by atoms with Crippen molar-refractivity contribution in [3.05, 3.63) is 83.4 Å². The minimum atomic E-state index is -3.66. The molecule has 154 valence electrons. The lowest BCUT2D eigenvalue weighted by atomic mass is 10.0. The van der Waals surface area contributed by atoms with E-state index < -0.39 is 9.84 Å². The van der Waals surface area contributed by atoms with Gasteiger partial charge in [-0.1, -0.05) is 23.7 Å². The van der Waals surface area contributed by atoms with E-state index in [0.717, 1.165) is 11.3 Å². The zero-order chi connectivity index (χ0) is 21.3. The van der Waals surface area contributed by atoms with E-state index in [-0.39, 0.29) is 21.7 Å². The highest BCUT2D eigenvalue weighted by molar-refractivity contribution is 7.91. The zero-order valence-electron chi connectivity index (χ0n) is 16.3. The normalized spacial score (nSPS) is 16.7. The molecule has 0 N–H and O–H groups in total. The van der Waals surface area contributed by atoms with Crippen LogP contribution in [0.15, 0.2) is 82.6 Å². The van der Waals surface area contributed by atoms with E-state index in [2.05, 4.69) is 0 Å². The SMILES string of the molecule is COc1cccc([C@H]2CCC(=O)N2c2ccc(S(=O)(=O)c3ccc(Cl)cc3)cc2)c1. The van der Waals surface area contributed by atoms with Crippen molar-refractivity contribution in [3.8, 4) is 5.75 Å². The Bertz CT molecular complexity index is 1170. The monoisotopic (exact) mass is 441 g/mol. The molecular weight excluding hydrogens is 422 g/mol. The predicted octanol–water partition coefficient (Wildman–Crippen LogP) is 5.05. The molecule has 3 aromatic carbocycles. The second-order valence-corrected chi connectivity index (χ2v) is 9.43. The molecule has 1 amide bonds. The van der Waals surface area contributed by atoms with Crippen LogP contribution in [0.1, 0.15) is 24.4 Å². The molecule has 0 bridgehead atoms. The lowest BCUT2D eigenvalue weighted by molar-refractivity contribution is -0.117. The van der Waals surface area contributed by atoms with Gasteiger partial charge >= 0.3 is 0 Å². The van der Waals surface area contributed by atoms with Gasteiger partial charge in [-0.05, 0) is 72.6 Å². The molecule has 30 heavy (non-hydrogen) atoms. The minimum Gasteiger partial charge on any atom is -0.497 e. The molecule has 1 heterocycles. The Hall–Kier alpha value is -2.83. The summed E-state index contributed by atoms with van der Waals surface area (Å²) in [4.78, 5) is 14.7. The summed E-state index contributed by atoms with van der Waals surface area (Å²) in [6.45, 7) is 0. The fourth-order valence-corrected chi connectivity index (χ4v) is 5.09. The number of sulfone groups is 1. The zero-order valence-corrected chi connectivity index (χ0v) is 17.9. The fourth-order valence-electron chi connectivity index (χ4n) is 3.71. The van der Waals surface area contributed by atoms with E-state index in [4.69, 9.17) is 16.3 Å². The number of hydrogen-bond donors (Lipinski definition) is 0. The fraction of sp³-hybridized carbons (Fsp3) is 0.174. The first-order valence-electron chi connectivity index (χ1n) is 9.47. The maximum absolute atomic E-state index is 12.9. The average Bonchev–Trinajstić information content (AvgIpc) is 3.15. The van der Waals surface area contributed by atoms with Gasteiger partial charge in [0.2, 0.25) is 15.7 Å². The third-order valence-corrected chi connectivity index (χ3v) is 7.28. The van der Waals surface area contributed by atoms with E-state index in [1.165, 1.54) is 24.3 Å². The number of benzene rings is 3. The molecule has 0 aromatic heterocycles. The summed E-state index contributed by atoms with van der Waals surface area (Å²) in [5.41, 5.74) is 1.65. The Morgan fingerprint density at radius 1 is 0.967 bits per heavy atom. The quantitative estimate of drug-likeness (QED) is 0.555. The van der Waals surface area contributed by atoms with Crippen LogP contribution in [0.25, 0.3) is 0 Å². The van der Waals surface area contributed by atoms with Gasteiger partial charge in [0.1, 0.15) is 5.75 Å². The van der Waals surface area contributed by atoms with Crippen LogP contribution in [-0.4, -0.2) is 21.4 Å². The molecule has 0 radical (unpaired) electrons. The van der Waals surface area contributed by atoms with Gasteiger partial charge in [-0.25, -0.2) is 8.42 Å². The summed E-state index contributed by atoms with van der Waals surface area (Å²) in [6.07, 6.45) is 1.13. The van der Waals surface area contributed by atoms with Crippen molar-refractivity contribution in [2.75, 3.05) is 12.0 Å². The molecule has 0 unspecified atom stereocenters. The number of methoxy groups -OCH3 is 1. The lowest BCUT2D eigenvalue weighted by Crippen LogP contribution is -2.27. The van der Waals surface area contributed by atoms with Crippen LogP contribution in [-0.2, 0) is 14.6 Å². The van der Waals surface area contributed by atoms with Gasteiger partial charge in [-0.2, -0.15) is 0 Å². The maximum Gasteiger partial charge on any atom is 0.227 e. The van der Waals surface area contributed by atoms with Gasteiger partial charge in [-0.15, -0.1) is 0 Å². The number of nitrogens with zero attached hydrogens (tertiary/aromatic N) is 1. The van der Waals surface area contributed by atoms with Crippen LogP contribution in [0.4, 0.5) is 5.69 Å². The van der Waals surface area contributed by atoms with Crippen molar-refractivity contribution < 1.29 is 17.9 Å². The molecule has 0 saturated carbocycles. The number of hydrogen-bond acceptors (Lipinski definition) is 4. The summed E-state index contributed by atoms with van der Waals surface area (Å²) < 4.78 is 31.0. The van der Waals surface area contributed by atoms with Gasteiger partial charge in [0.25, 0.3) is 0 Å². The van der Waals surface area contributed by atoms with Crippen molar-refractivity contribution in [1.82, 2.24) is 0 Å². The summed E-state index contributed by atoms with van der Waals surface area (Å²) in [5.74, 6) is 0.743. The van der Waals surface area contributed by atoms with Crippen molar-refractivity contribution in [1.29, 1.82) is 0 Å². The standard InChI is InChI=1S/C23H20ClNO4S/c1-29-19-4-2-3-16(15-19)22-13-14-23(26)25(22)18-7-11-21(12-8-18)30(27,28)20-9-5-17(24)6-10-20/h2-12,15,22H,13-14H2,1H3/t22-/m1/s1. The summed E-state index contributed by atoms with van der Waals surface area (Å²) in [5, 5.41) is 0.473. The Morgan fingerprint density at radius 2 is 1.60 bits per heavy atom. The molecule has 3 aromatic rings. The topological polar surface area (TPSA) is 63.7 Å². The average molecular weight is 442 g/mol. The molecular formula is C23H20ClNO4S. The van der Waals surface area contributed by atoms with Crippen molar-refractivity contribution in [3.63, 3.8) is 0 Å². The Morgan fingerprint density at radius 3 is 2.23 bits per heavy atom. The molecule has 4 rings (SSSR count). The van der Waals surface area contributed by atoms with Crippen LogP contribution >= 0.6 is 11.6 Å². The first-order valence-corrected chi connectivity index (χ1v) is 11.3. The van der Waals surface area contributed by atoms with Gasteiger partial charge in [0.15, 0.2) is 0 Å². The first-order chi connectivity index (χ1) is 14.4. The highest BCUT2D eigenvalue weighted by Gasteiger charge is 2.33. The first kappa shape index (κ1) is 20.4. The second kappa shape index (κ2) is 8.13. The van der Waals surface area contributed by atoms with E-state index in [9.17, 15) is 13.2 Å². The molecule has 1 saturated heterocycles. The Balaban J connectivity index is 1.65. The number of ether oxygens (including phenoxy) is 1. The number of halogens is 1. The molecule has 1 aliphatic heterocycles. The third-order valence-electron chi connectivity index (χ3n) is 5.24. The Kier molecular flexibility index (Phi) is 5.54. The molecule has 1 atom stereocenters. The number of amides is 1. The van der Waals surface area contributed by atoms with Crippen LogP contribution in [0.3, 0.4) is 0 Å². The van der Waals surface area contributed by atoms with E-state index in [1.54, 1.807) is 36.3 Å². The lowest BCUT2D eigenvalue weighted by Gasteiger charge is -2.26. The number of rotatable bonds is 5. The van der Waals surface area contributed by atoms with E-state index >= 15 is 0 Å². The summed E-state index contributed by atoms with van der Waals surface area (Å²) >= 11 is 5.86. The van der Waals surface area contributed by atoms with Crippen molar-refractivity contribution >= 4 is 33.0 Å². The van der Waals surface area contributed by atoms with Crippen LogP contribution in [0, 0.1) is 0 Å².